The second-order valence-electron chi connectivity index (χ2n) is 5.97. The van der Waals surface area contributed by atoms with Gasteiger partial charge in [-0.05, 0) is 30.0 Å². The Bertz CT molecular complexity index is 863. The lowest BCUT2D eigenvalue weighted by atomic mass is 10.1. The van der Waals surface area contributed by atoms with Crippen LogP contribution in [0.5, 0.6) is 0 Å². The van der Waals surface area contributed by atoms with Crippen molar-refractivity contribution >= 4 is 26.0 Å². The fraction of sp³-hybridized carbons (Fsp3) is 0.438. The lowest BCUT2D eigenvalue weighted by Crippen LogP contribution is -2.32. The van der Waals surface area contributed by atoms with Crippen molar-refractivity contribution in [3.05, 3.63) is 41.8 Å². The van der Waals surface area contributed by atoms with Gasteiger partial charge in [-0.25, -0.2) is 21.6 Å². The first-order valence-electron chi connectivity index (χ1n) is 7.96. The van der Waals surface area contributed by atoms with Gasteiger partial charge in [0.2, 0.25) is 20.0 Å². The monoisotopic (exact) mass is 402 g/mol. The Morgan fingerprint density at radius 1 is 1.31 bits per heavy atom. The summed E-state index contributed by atoms with van der Waals surface area (Å²) in [6.07, 6.45) is 0.644. The van der Waals surface area contributed by atoms with E-state index in [1.165, 1.54) is 23.5 Å². The number of nitrogens with zero attached hydrogens (tertiary/aromatic N) is 1. The van der Waals surface area contributed by atoms with Gasteiger partial charge in [0, 0.05) is 25.0 Å². The first-order valence-corrected chi connectivity index (χ1v) is 10.9. The first kappa shape index (κ1) is 20.6. The van der Waals surface area contributed by atoms with Gasteiger partial charge in [-0.3, -0.25) is 4.79 Å². The summed E-state index contributed by atoms with van der Waals surface area (Å²) in [4.78, 5) is 11.4. The molecule has 1 aliphatic rings. The van der Waals surface area contributed by atoms with E-state index >= 15 is 0 Å². The molecule has 144 valence electrons. The normalized spacial score (nSPS) is 18.6. The smallest absolute Gasteiger partial charge is 0.309 e. The molecule has 0 aromatic heterocycles. The molecule has 1 unspecified atom stereocenters. The number of esters is 1. The van der Waals surface area contributed by atoms with Gasteiger partial charge in [0.1, 0.15) is 0 Å². The molecule has 2 rings (SSSR count). The van der Waals surface area contributed by atoms with Gasteiger partial charge in [-0.2, -0.15) is 4.31 Å². The molecule has 1 N–H and O–H groups in total. The molecule has 1 fully saturated rings. The highest BCUT2D eigenvalue weighted by Crippen LogP contribution is 2.24. The van der Waals surface area contributed by atoms with Crippen LogP contribution in [0.25, 0.3) is 0 Å². The van der Waals surface area contributed by atoms with Crippen LogP contribution in [0.15, 0.2) is 41.1 Å². The van der Waals surface area contributed by atoms with Gasteiger partial charge >= 0.3 is 5.97 Å². The average Bonchev–Trinajstić information content (AvgIpc) is 3.10. The van der Waals surface area contributed by atoms with Crippen LogP contribution in [0.1, 0.15) is 12.0 Å². The zero-order valence-electron chi connectivity index (χ0n) is 14.4. The fourth-order valence-electron chi connectivity index (χ4n) is 2.64. The number of hydrogen-bond donors (Lipinski definition) is 1. The van der Waals surface area contributed by atoms with Gasteiger partial charge in [0.05, 0.1) is 18.4 Å². The third-order valence-corrected chi connectivity index (χ3v) is 7.07. The molecule has 10 heteroatoms. The number of ether oxygens (including phenoxy) is 1. The van der Waals surface area contributed by atoms with Crippen LogP contribution in [0, 0.1) is 5.92 Å². The van der Waals surface area contributed by atoms with Crippen LogP contribution < -0.4 is 4.72 Å². The molecule has 1 aromatic rings. The predicted molar refractivity (Wildman–Crippen MR) is 96.1 cm³/mol. The van der Waals surface area contributed by atoms with E-state index < -0.39 is 26.0 Å². The van der Waals surface area contributed by atoms with Crippen LogP contribution in [0.4, 0.5) is 0 Å². The molecule has 0 radical (unpaired) electrons. The number of carbonyl (C=O) groups excluding carboxylic acids is 1. The number of nitrogens with one attached hydrogen (secondary N) is 1. The van der Waals surface area contributed by atoms with Crippen molar-refractivity contribution < 1.29 is 26.4 Å². The Kier molecular flexibility index (Phi) is 6.56. The predicted octanol–water partition coefficient (Wildman–Crippen LogP) is 0.476. The lowest BCUT2D eigenvalue weighted by Gasteiger charge is -2.17. The number of rotatable bonds is 8. The third-order valence-electron chi connectivity index (χ3n) is 4.18. The van der Waals surface area contributed by atoms with Crippen molar-refractivity contribution in [2.24, 2.45) is 5.92 Å². The summed E-state index contributed by atoms with van der Waals surface area (Å²) >= 11 is 0. The summed E-state index contributed by atoms with van der Waals surface area (Å²) in [6, 6.07) is 6.08. The van der Waals surface area contributed by atoms with E-state index in [1.54, 1.807) is 12.1 Å². The molecular weight excluding hydrogens is 380 g/mol. The zero-order valence-corrected chi connectivity index (χ0v) is 16.1. The molecule has 1 aliphatic heterocycles. The third kappa shape index (κ3) is 5.13. The standard InChI is InChI=1S/C16H22N2O6S2/c1-3-25(20,21)17-11-14-8-9-18(12-14)26(22,23)15-6-4-13(5-7-15)10-16(19)24-2/h3-7,14,17H,1,8-12H2,2H3. The van der Waals surface area contributed by atoms with Crippen molar-refractivity contribution in [3.63, 3.8) is 0 Å². The SMILES string of the molecule is C=CS(=O)(=O)NCC1CCN(S(=O)(=O)c2ccc(CC(=O)OC)cc2)C1. The molecule has 0 spiro atoms. The highest BCUT2D eigenvalue weighted by atomic mass is 32.2. The minimum atomic E-state index is -3.66. The average molecular weight is 402 g/mol. The summed E-state index contributed by atoms with van der Waals surface area (Å²) in [6.45, 7) is 3.95. The van der Waals surface area contributed by atoms with E-state index in [1.807, 2.05) is 0 Å². The summed E-state index contributed by atoms with van der Waals surface area (Å²) in [5.74, 6) is -0.497. The molecular formula is C16H22N2O6S2. The summed E-state index contributed by atoms with van der Waals surface area (Å²) in [5, 5.41) is 0.826. The molecule has 1 heterocycles. The van der Waals surface area contributed by atoms with Crippen LogP contribution >= 0.6 is 0 Å². The molecule has 26 heavy (non-hydrogen) atoms. The molecule has 0 bridgehead atoms. The van der Waals surface area contributed by atoms with E-state index in [4.69, 9.17) is 0 Å². The lowest BCUT2D eigenvalue weighted by molar-refractivity contribution is -0.139. The van der Waals surface area contributed by atoms with E-state index in [0.717, 1.165) is 5.41 Å². The molecule has 0 aliphatic carbocycles. The van der Waals surface area contributed by atoms with Gasteiger partial charge in [0.25, 0.3) is 0 Å². The van der Waals surface area contributed by atoms with Crippen molar-refractivity contribution in [2.75, 3.05) is 26.7 Å². The first-order chi connectivity index (χ1) is 12.2. The van der Waals surface area contributed by atoms with Gasteiger partial charge < -0.3 is 4.74 Å². The van der Waals surface area contributed by atoms with Crippen molar-refractivity contribution in [1.29, 1.82) is 0 Å². The Labute approximate surface area is 153 Å². The van der Waals surface area contributed by atoms with Crippen LogP contribution in [0.2, 0.25) is 0 Å². The van der Waals surface area contributed by atoms with Crippen molar-refractivity contribution in [1.82, 2.24) is 9.03 Å². The van der Waals surface area contributed by atoms with E-state index in [-0.39, 0.29) is 30.3 Å². The number of benzene rings is 1. The maximum Gasteiger partial charge on any atom is 0.309 e. The maximum absolute atomic E-state index is 12.7. The van der Waals surface area contributed by atoms with Crippen molar-refractivity contribution in [2.45, 2.75) is 17.7 Å². The number of hydrogen-bond acceptors (Lipinski definition) is 6. The van der Waals surface area contributed by atoms with Crippen LogP contribution in [0.3, 0.4) is 0 Å². The summed E-state index contributed by atoms with van der Waals surface area (Å²) in [7, 11) is -5.89. The number of methoxy groups -OCH3 is 1. The van der Waals surface area contributed by atoms with Gasteiger partial charge in [-0.15, -0.1) is 0 Å². The molecule has 0 saturated carbocycles. The largest absolute Gasteiger partial charge is 0.469 e. The second kappa shape index (κ2) is 8.30. The molecule has 8 nitrogen and oxygen atoms in total. The van der Waals surface area contributed by atoms with Gasteiger partial charge in [-0.1, -0.05) is 18.7 Å². The Balaban J connectivity index is 2.02. The summed E-state index contributed by atoms with van der Waals surface area (Å²) < 4.78 is 56.5. The van der Waals surface area contributed by atoms with E-state index in [9.17, 15) is 21.6 Å². The van der Waals surface area contributed by atoms with Crippen LogP contribution in [-0.2, 0) is 36.0 Å². The minimum Gasteiger partial charge on any atom is -0.469 e. The number of carbonyl (C=O) groups is 1. The topological polar surface area (TPSA) is 110 Å². The van der Waals surface area contributed by atoms with Crippen LogP contribution in [-0.4, -0.2) is 53.9 Å². The van der Waals surface area contributed by atoms with E-state index in [0.29, 0.717) is 18.5 Å². The van der Waals surface area contributed by atoms with E-state index in [2.05, 4.69) is 16.0 Å². The highest BCUT2D eigenvalue weighted by molar-refractivity contribution is 7.92. The molecule has 1 aromatic carbocycles. The molecule has 0 amide bonds. The van der Waals surface area contributed by atoms with Crippen molar-refractivity contribution in [3.8, 4) is 0 Å². The fourth-order valence-corrected chi connectivity index (χ4v) is 4.76. The Morgan fingerprint density at radius 2 is 1.96 bits per heavy atom. The Hall–Kier alpha value is -1.75. The number of sulfonamides is 2. The molecule has 1 saturated heterocycles. The van der Waals surface area contributed by atoms with Gasteiger partial charge in [0.15, 0.2) is 0 Å². The summed E-state index contributed by atoms with van der Waals surface area (Å²) in [5.41, 5.74) is 0.661. The quantitative estimate of drug-likeness (QED) is 0.633. The zero-order chi connectivity index (χ0) is 19.4. The maximum atomic E-state index is 12.7. The Morgan fingerprint density at radius 3 is 2.54 bits per heavy atom. The molecule has 1 atom stereocenters. The minimum absolute atomic E-state index is 0.0755. The second-order valence-corrected chi connectivity index (χ2v) is 9.62. The highest BCUT2D eigenvalue weighted by Gasteiger charge is 2.32.